The van der Waals surface area contributed by atoms with Crippen molar-refractivity contribution in [3.8, 4) is 5.75 Å². The van der Waals surface area contributed by atoms with Gasteiger partial charge in [0.25, 0.3) is 0 Å². The van der Waals surface area contributed by atoms with Gasteiger partial charge in [0.2, 0.25) is 11.0 Å². The fraction of sp³-hybridized carbons (Fsp3) is 0.357. The zero-order valence-electron chi connectivity index (χ0n) is 11.2. The molecule has 1 amide bonds. The summed E-state index contributed by atoms with van der Waals surface area (Å²) in [6.07, 6.45) is 2.44. The topological polar surface area (TPSA) is 64.1 Å². The quantitative estimate of drug-likeness (QED) is 0.891. The molecule has 1 N–H and O–H groups in total. The largest absolute Gasteiger partial charge is 0.490 e. The molecule has 0 unspecified atom stereocenters. The van der Waals surface area contributed by atoms with E-state index < -0.39 is 5.82 Å². The Bertz CT molecular complexity index is 643. The second-order valence-corrected chi connectivity index (χ2v) is 5.81. The number of nitrogens with one attached hydrogen (secondary N) is 1. The number of para-hydroxylation sites is 1. The molecule has 7 heteroatoms. The van der Waals surface area contributed by atoms with Crippen molar-refractivity contribution >= 4 is 22.4 Å². The lowest BCUT2D eigenvalue weighted by Crippen LogP contribution is -2.15. The van der Waals surface area contributed by atoms with Crippen LogP contribution in [0.25, 0.3) is 0 Å². The lowest BCUT2D eigenvalue weighted by molar-refractivity contribution is -0.116. The lowest BCUT2D eigenvalue weighted by Gasteiger charge is -2.06. The molecule has 1 fully saturated rings. The number of carbonyl (C=O) groups is 1. The fourth-order valence-electron chi connectivity index (χ4n) is 1.78. The Balaban J connectivity index is 1.44. The number of ether oxygens (including phenoxy) is 1. The van der Waals surface area contributed by atoms with Crippen LogP contribution < -0.4 is 10.1 Å². The second-order valence-electron chi connectivity index (χ2n) is 4.80. The van der Waals surface area contributed by atoms with Crippen LogP contribution in [0, 0.1) is 5.82 Å². The monoisotopic (exact) mass is 307 g/mol. The van der Waals surface area contributed by atoms with Crippen molar-refractivity contribution in [1.29, 1.82) is 0 Å². The summed E-state index contributed by atoms with van der Waals surface area (Å²) in [5, 5.41) is 12.1. The minimum Gasteiger partial charge on any atom is -0.490 e. The summed E-state index contributed by atoms with van der Waals surface area (Å²) < 4.78 is 18.5. The maximum atomic E-state index is 13.3. The zero-order valence-corrected chi connectivity index (χ0v) is 12.0. The number of halogens is 1. The summed E-state index contributed by atoms with van der Waals surface area (Å²) in [5.41, 5.74) is 0. The van der Waals surface area contributed by atoms with Crippen LogP contribution in [0.15, 0.2) is 24.3 Å². The van der Waals surface area contributed by atoms with Crippen molar-refractivity contribution in [1.82, 2.24) is 10.2 Å². The van der Waals surface area contributed by atoms with Crippen molar-refractivity contribution in [2.45, 2.75) is 25.2 Å². The third-order valence-corrected chi connectivity index (χ3v) is 4.04. The average molecular weight is 307 g/mol. The number of rotatable bonds is 6. The molecular weight excluding hydrogens is 293 g/mol. The van der Waals surface area contributed by atoms with E-state index in [0.29, 0.717) is 11.0 Å². The molecule has 1 aliphatic carbocycles. The van der Waals surface area contributed by atoms with E-state index >= 15 is 0 Å². The molecule has 1 heterocycles. The first kappa shape index (κ1) is 13.9. The molecule has 110 valence electrons. The Morgan fingerprint density at radius 1 is 1.38 bits per heavy atom. The Morgan fingerprint density at radius 2 is 2.19 bits per heavy atom. The van der Waals surface area contributed by atoms with E-state index in [9.17, 15) is 9.18 Å². The van der Waals surface area contributed by atoms with Crippen LogP contribution in [0.3, 0.4) is 0 Å². The van der Waals surface area contributed by atoms with Crippen molar-refractivity contribution in [3.05, 3.63) is 35.1 Å². The zero-order chi connectivity index (χ0) is 14.7. The van der Waals surface area contributed by atoms with Gasteiger partial charge in [-0.25, -0.2) is 4.39 Å². The highest BCUT2D eigenvalue weighted by Gasteiger charge is 2.27. The molecule has 0 bridgehead atoms. The normalized spacial score (nSPS) is 14.0. The van der Waals surface area contributed by atoms with Gasteiger partial charge in [0, 0.05) is 5.92 Å². The molecule has 3 rings (SSSR count). The lowest BCUT2D eigenvalue weighted by atomic mass is 10.3. The van der Waals surface area contributed by atoms with Gasteiger partial charge in [-0.05, 0) is 25.0 Å². The molecule has 2 aromatic rings. The first-order valence-electron chi connectivity index (χ1n) is 6.73. The number of hydrogen-bond donors (Lipinski definition) is 1. The third kappa shape index (κ3) is 3.75. The summed E-state index contributed by atoms with van der Waals surface area (Å²) in [7, 11) is 0. The molecule has 0 saturated heterocycles. The van der Waals surface area contributed by atoms with Crippen LogP contribution in [0.2, 0.25) is 0 Å². The second kappa shape index (κ2) is 6.17. The van der Waals surface area contributed by atoms with Gasteiger partial charge in [0.05, 0.1) is 13.0 Å². The molecule has 21 heavy (non-hydrogen) atoms. The van der Waals surface area contributed by atoms with E-state index in [1.54, 1.807) is 12.1 Å². The molecule has 0 radical (unpaired) electrons. The van der Waals surface area contributed by atoms with Gasteiger partial charge in [0.15, 0.2) is 11.6 Å². The molecule has 1 aliphatic rings. The van der Waals surface area contributed by atoms with Crippen LogP contribution in [-0.4, -0.2) is 22.7 Å². The molecule has 1 aromatic carbocycles. The number of carbonyl (C=O) groups excluding carboxylic acids is 1. The number of nitrogens with zero attached hydrogens (tertiary/aromatic N) is 2. The SMILES string of the molecule is O=C(CCOc1ccccc1F)Nc1nnc(C2CC2)s1. The number of aromatic nitrogens is 2. The van der Waals surface area contributed by atoms with E-state index in [2.05, 4.69) is 15.5 Å². The van der Waals surface area contributed by atoms with Gasteiger partial charge >= 0.3 is 0 Å². The molecule has 5 nitrogen and oxygen atoms in total. The van der Waals surface area contributed by atoms with E-state index in [0.717, 1.165) is 17.8 Å². The van der Waals surface area contributed by atoms with E-state index in [-0.39, 0.29) is 24.7 Å². The van der Waals surface area contributed by atoms with Gasteiger partial charge in [-0.3, -0.25) is 4.79 Å². The maximum absolute atomic E-state index is 13.3. The van der Waals surface area contributed by atoms with Gasteiger partial charge in [-0.1, -0.05) is 23.5 Å². The van der Waals surface area contributed by atoms with Crippen LogP contribution in [-0.2, 0) is 4.79 Å². The summed E-state index contributed by atoms with van der Waals surface area (Å²) in [4.78, 5) is 11.7. The summed E-state index contributed by atoms with van der Waals surface area (Å²) in [6.45, 7) is 0.112. The average Bonchev–Trinajstić information content (AvgIpc) is 3.22. The molecule has 0 aliphatic heterocycles. The highest BCUT2D eigenvalue weighted by molar-refractivity contribution is 7.15. The van der Waals surface area contributed by atoms with Gasteiger partial charge in [-0.15, -0.1) is 10.2 Å². The number of anilines is 1. The van der Waals surface area contributed by atoms with Crippen LogP contribution in [0.1, 0.15) is 30.2 Å². The number of hydrogen-bond acceptors (Lipinski definition) is 5. The summed E-state index contributed by atoms with van der Waals surface area (Å²) in [6, 6.07) is 6.11. The summed E-state index contributed by atoms with van der Waals surface area (Å²) in [5.74, 6) is 0.0238. The highest BCUT2D eigenvalue weighted by Crippen LogP contribution is 2.42. The van der Waals surface area contributed by atoms with Crippen LogP contribution in [0.4, 0.5) is 9.52 Å². The predicted molar refractivity (Wildman–Crippen MR) is 77.0 cm³/mol. The number of benzene rings is 1. The van der Waals surface area contributed by atoms with Crippen LogP contribution in [0.5, 0.6) is 5.75 Å². The Kier molecular flexibility index (Phi) is 4.10. The minimum absolute atomic E-state index is 0.112. The third-order valence-electron chi connectivity index (χ3n) is 3.04. The van der Waals surface area contributed by atoms with Crippen molar-refractivity contribution < 1.29 is 13.9 Å². The molecule has 1 aromatic heterocycles. The standard InChI is InChI=1S/C14H14FN3O2S/c15-10-3-1-2-4-11(10)20-8-7-12(19)16-14-18-17-13(21-14)9-5-6-9/h1-4,9H,5-8H2,(H,16,18,19). The van der Waals surface area contributed by atoms with Crippen LogP contribution >= 0.6 is 11.3 Å². The smallest absolute Gasteiger partial charge is 0.229 e. The molecular formula is C14H14FN3O2S. The van der Waals surface area contributed by atoms with E-state index in [1.165, 1.54) is 23.5 Å². The van der Waals surface area contributed by atoms with Crippen molar-refractivity contribution in [2.75, 3.05) is 11.9 Å². The fourth-order valence-corrected chi connectivity index (χ4v) is 2.71. The van der Waals surface area contributed by atoms with Gasteiger partial charge in [0.1, 0.15) is 5.01 Å². The van der Waals surface area contributed by atoms with Crippen molar-refractivity contribution in [2.24, 2.45) is 0 Å². The van der Waals surface area contributed by atoms with Crippen molar-refractivity contribution in [3.63, 3.8) is 0 Å². The predicted octanol–water partition coefficient (Wildman–Crippen LogP) is 2.96. The van der Waals surface area contributed by atoms with Gasteiger partial charge < -0.3 is 10.1 Å². The maximum Gasteiger partial charge on any atom is 0.229 e. The first-order chi connectivity index (χ1) is 10.2. The van der Waals surface area contributed by atoms with Gasteiger partial charge in [-0.2, -0.15) is 0 Å². The number of amides is 1. The highest BCUT2D eigenvalue weighted by atomic mass is 32.1. The Labute approximate surface area is 125 Å². The Hall–Kier alpha value is -2.02. The molecule has 1 saturated carbocycles. The Morgan fingerprint density at radius 3 is 2.95 bits per heavy atom. The molecule has 0 atom stereocenters. The molecule has 0 spiro atoms. The summed E-state index contributed by atoms with van der Waals surface area (Å²) >= 11 is 1.41. The minimum atomic E-state index is -0.434. The first-order valence-corrected chi connectivity index (χ1v) is 7.54. The van der Waals surface area contributed by atoms with E-state index in [4.69, 9.17) is 4.74 Å². The van der Waals surface area contributed by atoms with E-state index in [1.807, 2.05) is 0 Å².